The molecule has 0 aromatic heterocycles. The van der Waals surface area contributed by atoms with Crippen LogP contribution in [0.3, 0.4) is 0 Å². The van der Waals surface area contributed by atoms with E-state index in [1.807, 2.05) is 0 Å². The van der Waals surface area contributed by atoms with E-state index in [2.05, 4.69) is 0 Å². The third kappa shape index (κ3) is 4.12. The smallest absolute Gasteiger partial charge is 0.294 e. The highest BCUT2D eigenvalue weighted by Crippen LogP contribution is 2.24. The Bertz CT molecular complexity index is 670. The molecule has 5 unspecified atom stereocenters. The fraction of sp³-hybridized carbons (Fsp3) is 0.556. The Morgan fingerprint density at radius 2 is 1.67 bits per heavy atom. The molecular formula is C18H23NO8. The zero-order valence-corrected chi connectivity index (χ0v) is 14.6. The van der Waals surface area contributed by atoms with Crippen molar-refractivity contribution in [1.29, 1.82) is 0 Å². The number of benzene rings is 1. The molecule has 2 aliphatic rings. The first-order valence-electron chi connectivity index (χ1n) is 8.83. The molecule has 1 amide bonds. The monoisotopic (exact) mass is 381 g/mol. The molecule has 0 spiro atoms. The molecule has 3 rings (SSSR count). The van der Waals surface area contributed by atoms with Crippen molar-refractivity contribution in [2.75, 3.05) is 19.7 Å². The fourth-order valence-corrected chi connectivity index (χ4v) is 3.17. The van der Waals surface area contributed by atoms with Crippen molar-refractivity contribution in [1.82, 2.24) is 4.90 Å². The Kier molecular flexibility index (Phi) is 6.08. The molecular weight excluding hydrogens is 358 g/mol. The molecule has 1 aromatic carbocycles. The molecule has 2 fully saturated rings. The third-order valence-electron chi connectivity index (χ3n) is 4.80. The first kappa shape index (κ1) is 19.7. The lowest BCUT2D eigenvalue weighted by atomic mass is 9.99. The molecule has 1 aromatic rings. The quantitative estimate of drug-likeness (QED) is 0.364. The van der Waals surface area contributed by atoms with Crippen molar-refractivity contribution >= 4 is 11.7 Å². The van der Waals surface area contributed by atoms with Gasteiger partial charge in [-0.25, -0.2) is 0 Å². The van der Waals surface area contributed by atoms with Gasteiger partial charge in [-0.15, -0.1) is 0 Å². The summed E-state index contributed by atoms with van der Waals surface area (Å²) in [5.41, 5.74) is 0.216. The molecule has 4 N–H and O–H groups in total. The van der Waals surface area contributed by atoms with Gasteiger partial charge in [-0.05, 0) is 37.1 Å². The minimum atomic E-state index is -1.54. The minimum absolute atomic E-state index is 0.216. The first-order valence-corrected chi connectivity index (χ1v) is 8.83. The molecule has 0 radical (unpaired) electrons. The van der Waals surface area contributed by atoms with Crippen LogP contribution >= 0.6 is 0 Å². The van der Waals surface area contributed by atoms with E-state index in [1.165, 1.54) is 29.2 Å². The number of likely N-dealkylation sites (tertiary alicyclic amines) is 1. The number of carbonyl (C=O) groups is 2. The summed E-state index contributed by atoms with van der Waals surface area (Å²) in [6.07, 6.45) is -5.14. The number of ketones is 1. The molecule has 5 atom stereocenters. The highest BCUT2D eigenvalue weighted by molar-refractivity contribution is 6.42. The van der Waals surface area contributed by atoms with Crippen LogP contribution in [0, 0.1) is 0 Å². The topological polar surface area (TPSA) is 137 Å². The Morgan fingerprint density at radius 1 is 1.04 bits per heavy atom. The van der Waals surface area contributed by atoms with E-state index in [1.54, 1.807) is 0 Å². The van der Waals surface area contributed by atoms with Crippen molar-refractivity contribution in [2.24, 2.45) is 0 Å². The number of carbonyl (C=O) groups excluding carboxylic acids is 2. The number of amides is 1. The Balaban J connectivity index is 1.65. The van der Waals surface area contributed by atoms with Crippen LogP contribution < -0.4 is 4.74 Å². The van der Waals surface area contributed by atoms with Crippen molar-refractivity contribution in [2.45, 2.75) is 43.5 Å². The number of aliphatic hydroxyl groups is 4. The van der Waals surface area contributed by atoms with Crippen LogP contribution in [-0.2, 0) is 9.53 Å². The minimum Gasteiger partial charge on any atom is -0.462 e. The Labute approximate surface area is 155 Å². The van der Waals surface area contributed by atoms with Crippen LogP contribution in [0.25, 0.3) is 0 Å². The number of ether oxygens (including phenoxy) is 2. The van der Waals surface area contributed by atoms with Gasteiger partial charge >= 0.3 is 0 Å². The summed E-state index contributed by atoms with van der Waals surface area (Å²) < 4.78 is 10.7. The average Bonchev–Trinajstić information content (AvgIpc) is 3.22. The van der Waals surface area contributed by atoms with E-state index in [0.29, 0.717) is 13.1 Å². The summed E-state index contributed by atoms with van der Waals surface area (Å²) in [5, 5.41) is 38.7. The van der Waals surface area contributed by atoms with Crippen molar-refractivity contribution in [3.8, 4) is 5.75 Å². The van der Waals surface area contributed by atoms with Crippen LogP contribution in [-0.4, -0.2) is 87.4 Å². The van der Waals surface area contributed by atoms with Gasteiger partial charge in [0.15, 0.2) is 0 Å². The lowest BCUT2D eigenvalue weighted by Gasteiger charge is -2.39. The van der Waals surface area contributed by atoms with Gasteiger partial charge in [0.2, 0.25) is 12.1 Å². The number of rotatable bonds is 5. The van der Waals surface area contributed by atoms with Gasteiger partial charge in [-0.2, -0.15) is 0 Å². The summed E-state index contributed by atoms with van der Waals surface area (Å²) >= 11 is 0. The molecule has 2 aliphatic heterocycles. The number of aliphatic hydroxyl groups excluding tert-OH is 4. The maximum absolute atomic E-state index is 12.3. The van der Waals surface area contributed by atoms with Crippen LogP contribution in [0.2, 0.25) is 0 Å². The predicted octanol–water partition coefficient (Wildman–Crippen LogP) is -1.33. The number of nitrogens with zero attached hydrogens (tertiary/aromatic N) is 1. The van der Waals surface area contributed by atoms with Crippen molar-refractivity contribution < 1.29 is 39.5 Å². The van der Waals surface area contributed by atoms with Crippen molar-refractivity contribution in [3.63, 3.8) is 0 Å². The number of Topliss-reactive ketones (excluding diaryl/α,β-unsaturated/α-hetero) is 1. The van der Waals surface area contributed by atoms with E-state index >= 15 is 0 Å². The molecule has 0 aliphatic carbocycles. The molecule has 148 valence electrons. The molecule has 2 heterocycles. The zero-order valence-electron chi connectivity index (χ0n) is 14.6. The zero-order chi connectivity index (χ0) is 19.6. The Hall–Kier alpha value is -2.04. The Morgan fingerprint density at radius 3 is 2.26 bits per heavy atom. The summed E-state index contributed by atoms with van der Waals surface area (Å²) in [5.74, 6) is -0.907. The van der Waals surface area contributed by atoms with Gasteiger partial charge in [-0.3, -0.25) is 9.59 Å². The van der Waals surface area contributed by atoms with Crippen molar-refractivity contribution in [3.05, 3.63) is 29.8 Å². The predicted molar refractivity (Wildman–Crippen MR) is 91.0 cm³/mol. The highest BCUT2D eigenvalue weighted by Gasteiger charge is 2.44. The molecule has 0 saturated carbocycles. The highest BCUT2D eigenvalue weighted by atomic mass is 16.7. The standard InChI is InChI=1S/C18H23NO8/c20-9-12-14(22)15(23)16(24)18(27-12)26-11-5-3-10(4-6-11)13(21)17(25)19-7-1-2-8-19/h3-6,12,14-16,18,20,22-24H,1-2,7-9H2. The van der Waals surface area contributed by atoms with Crippen LogP contribution in [0.15, 0.2) is 24.3 Å². The van der Waals surface area contributed by atoms with Crippen LogP contribution in [0.4, 0.5) is 0 Å². The molecule has 9 heteroatoms. The largest absolute Gasteiger partial charge is 0.462 e. The second kappa shape index (κ2) is 8.32. The van der Waals surface area contributed by atoms with Crippen LogP contribution in [0.5, 0.6) is 5.75 Å². The average molecular weight is 381 g/mol. The summed E-state index contributed by atoms with van der Waals surface area (Å²) in [6, 6.07) is 5.73. The van der Waals surface area contributed by atoms with Gasteiger partial charge in [-0.1, -0.05) is 0 Å². The number of hydrogen-bond donors (Lipinski definition) is 4. The summed E-state index contributed by atoms with van der Waals surface area (Å²) in [4.78, 5) is 25.9. The SMILES string of the molecule is O=C(C(=O)N1CCCC1)c1ccc(OC2OC(CO)C(O)C(O)C2O)cc1. The fourth-order valence-electron chi connectivity index (χ4n) is 3.17. The number of hydrogen-bond acceptors (Lipinski definition) is 8. The van der Waals surface area contributed by atoms with E-state index in [9.17, 15) is 30.0 Å². The second-order valence-electron chi connectivity index (χ2n) is 6.67. The van der Waals surface area contributed by atoms with Crippen LogP contribution in [0.1, 0.15) is 23.2 Å². The first-order chi connectivity index (χ1) is 12.9. The van der Waals surface area contributed by atoms with Gasteiger partial charge < -0.3 is 34.8 Å². The summed E-state index contributed by atoms with van der Waals surface area (Å²) in [7, 11) is 0. The second-order valence-corrected chi connectivity index (χ2v) is 6.67. The van der Waals surface area contributed by atoms with Gasteiger partial charge in [0.05, 0.1) is 6.61 Å². The summed E-state index contributed by atoms with van der Waals surface area (Å²) in [6.45, 7) is 0.614. The third-order valence-corrected chi connectivity index (χ3v) is 4.80. The molecule has 27 heavy (non-hydrogen) atoms. The van der Waals surface area contributed by atoms with Gasteiger partial charge in [0, 0.05) is 18.7 Å². The van der Waals surface area contributed by atoms with E-state index in [4.69, 9.17) is 9.47 Å². The normalized spacial score (nSPS) is 31.0. The van der Waals surface area contributed by atoms with Gasteiger partial charge in [0.25, 0.3) is 5.91 Å². The lowest BCUT2D eigenvalue weighted by Crippen LogP contribution is -2.60. The van der Waals surface area contributed by atoms with Gasteiger partial charge in [0.1, 0.15) is 30.2 Å². The molecule has 2 saturated heterocycles. The van der Waals surface area contributed by atoms with E-state index < -0.39 is 49.0 Å². The van der Waals surface area contributed by atoms with E-state index in [-0.39, 0.29) is 11.3 Å². The molecule has 0 bridgehead atoms. The molecule has 9 nitrogen and oxygen atoms in total. The maximum atomic E-state index is 12.3. The maximum Gasteiger partial charge on any atom is 0.294 e. The van der Waals surface area contributed by atoms with E-state index in [0.717, 1.165) is 12.8 Å². The lowest BCUT2D eigenvalue weighted by molar-refractivity contribution is -0.277.